The number of pyridine rings is 1. The average Bonchev–Trinajstić information content (AvgIpc) is 3.14. The Morgan fingerprint density at radius 3 is 2.74 bits per heavy atom. The van der Waals surface area contributed by atoms with Gasteiger partial charge in [-0.25, -0.2) is 18.1 Å². The normalized spacial score (nSPS) is 23.5. The monoisotopic (exact) mass is 386 g/mol. The van der Waals surface area contributed by atoms with Crippen LogP contribution in [0.5, 0.6) is 0 Å². The van der Waals surface area contributed by atoms with Crippen molar-refractivity contribution in [1.82, 2.24) is 19.9 Å². The number of hydrogen-bond donors (Lipinski definition) is 3. The lowest BCUT2D eigenvalue weighted by atomic mass is 9.76. The van der Waals surface area contributed by atoms with Gasteiger partial charge in [0.25, 0.3) is 10.0 Å². The summed E-state index contributed by atoms with van der Waals surface area (Å²) in [6, 6.07) is 13.2. The quantitative estimate of drug-likeness (QED) is 0.623. The van der Waals surface area contributed by atoms with E-state index in [1.807, 2.05) is 18.2 Å². The minimum absolute atomic E-state index is 0.0486. The van der Waals surface area contributed by atoms with Crippen molar-refractivity contribution in [3.8, 4) is 0 Å². The number of nitrogens with one attached hydrogen (secondary N) is 2. The molecule has 0 bridgehead atoms. The Balaban J connectivity index is 1.53. The Labute approximate surface area is 157 Å². The third-order valence-corrected chi connectivity index (χ3v) is 6.78. The molecule has 27 heavy (non-hydrogen) atoms. The van der Waals surface area contributed by atoms with Crippen molar-refractivity contribution in [3.05, 3.63) is 54.2 Å². The highest BCUT2D eigenvalue weighted by atomic mass is 32.2. The molecule has 1 saturated carbocycles. The van der Waals surface area contributed by atoms with Gasteiger partial charge in [0.2, 0.25) is 5.03 Å². The van der Waals surface area contributed by atoms with Gasteiger partial charge < -0.3 is 5.11 Å². The maximum absolute atomic E-state index is 12.9. The molecule has 3 N–H and O–H groups in total. The van der Waals surface area contributed by atoms with Crippen LogP contribution in [0, 0.1) is 5.92 Å². The summed E-state index contributed by atoms with van der Waals surface area (Å²) >= 11 is 0. The maximum Gasteiger partial charge on any atom is 0.260 e. The van der Waals surface area contributed by atoms with Crippen molar-refractivity contribution >= 4 is 21.1 Å². The zero-order valence-electron chi connectivity index (χ0n) is 14.7. The van der Waals surface area contributed by atoms with Crippen LogP contribution in [-0.2, 0) is 10.0 Å². The summed E-state index contributed by atoms with van der Waals surface area (Å²) < 4.78 is 28.5. The van der Waals surface area contributed by atoms with E-state index in [2.05, 4.69) is 32.0 Å². The summed E-state index contributed by atoms with van der Waals surface area (Å²) in [4.78, 5) is 4.09. The topological polar surface area (TPSA) is 108 Å². The molecule has 3 atom stereocenters. The molecule has 0 spiro atoms. The predicted octanol–water partition coefficient (Wildman–Crippen LogP) is 2.18. The predicted molar refractivity (Wildman–Crippen MR) is 102 cm³/mol. The molecular weight excluding hydrogens is 364 g/mol. The smallest absolute Gasteiger partial charge is 0.260 e. The van der Waals surface area contributed by atoms with Gasteiger partial charge in [-0.2, -0.15) is 5.10 Å². The second-order valence-corrected chi connectivity index (χ2v) is 8.65. The molecule has 2 heterocycles. The van der Waals surface area contributed by atoms with E-state index >= 15 is 0 Å². The third kappa shape index (κ3) is 3.60. The molecular formula is C19H22N4O3S. The van der Waals surface area contributed by atoms with Crippen LogP contribution in [-0.4, -0.2) is 41.4 Å². The second kappa shape index (κ2) is 7.38. The lowest BCUT2D eigenvalue weighted by Crippen LogP contribution is -2.44. The van der Waals surface area contributed by atoms with Crippen molar-refractivity contribution in [2.24, 2.45) is 5.92 Å². The summed E-state index contributed by atoms with van der Waals surface area (Å²) in [5, 5.41) is 16.9. The van der Waals surface area contributed by atoms with Gasteiger partial charge in [0.05, 0.1) is 5.39 Å². The standard InChI is InChI=1S/C19H22N4O3S/c24-12-15-11-14(13-5-2-1-3-6-13)8-9-17(15)23-27(25,26)19-16-7-4-10-20-18(16)21-22-19/h1-7,10,14-15,17,23-24H,8-9,11-12H2,(H,20,21,22). The number of nitrogens with zero attached hydrogens (tertiary/aromatic N) is 2. The number of sulfonamides is 1. The molecule has 3 unspecified atom stereocenters. The lowest BCUT2D eigenvalue weighted by Gasteiger charge is -2.35. The molecule has 142 valence electrons. The fraction of sp³-hybridized carbons (Fsp3) is 0.368. The van der Waals surface area contributed by atoms with Gasteiger partial charge in [-0.05, 0) is 48.8 Å². The summed E-state index contributed by atoms with van der Waals surface area (Å²) in [6.45, 7) is -0.0562. The Hall–Kier alpha value is -2.29. The minimum atomic E-state index is -3.81. The highest BCUT2D eigenvalue weighted by Crippen LogP contribution is 2.36. The van der Waals surface area contributed by atoms with Crippen LogP contribution in [0.2, 0.25) is 0 Å². The van der Waals surface area contributed by atoms with E-state index in [9.17, 15) is 13.5 Å². The minimum Gasteiger partial charge on any atom is -0.396 e. The number of hydrogen-bond acceptors (Lipinski definition) is 5. The molecule has 0 saturated heterocycles. The van der Waals surface area contributed by atoms with Crippen LogP contribution in [0.1, 0.15) is 30.7 Å². The number of aromatic amines is 1. The summed E-state index contributed by atoms with van der Waals surface area (Å²) in [5.41, 5.74) is 1.67. The van der Waals surface area contributed by atoms with E-state index in [-0.39, 0.29) is 23.6 Å². The number of fused-ring (bicyclic) bond motifs is 1. The van der Waals surface area contributed by atoms with Crippen LogP contribution in [0.3, 0.4) is 0 Å². The molecule has 8 heteroatoms. The third-order valence-electron chi connectivity index (χ3n) is 5.35. The van der Waals surface area contributed by atoms with Gasteiger partial charge in [-0.15, -0.1) is 0 Å². The Bertz CT molecular complexity index is 1020. The van der Waals surface area contributed by atoms with Crippen LogP contribution in [0.25, 0.3) is 11.0 Å². The molecule has 4 rings (SSSR count). The first kappa shape index (κ1) is 18.1. The molecule has 0 radical (unpaired) electrons. The van der Waals surface area contributed by atoms with Crippen molar-refractivity contribution in [1.29, 1.82) is 0 Å². The fourth-order valence-electron chi connectivity index (χ4n) is 3.94. The number of rotatable bonds is 5. The second-order valence-electron chi connectivity index (χ2n) is 7.02. The SMILES string of the molecule is O=S(=O)(NC1CCC(c2ccccc2)CC1CO)c1n[nH]c2ncccc12. The van der Waals surface area contributed by atoms with Crippen LogP contribution >= 0.6 is 0 Å². The molecule has 1 fully saturated rings. The number of aromatic nitrogens is 3. The van der Waals surface area contributed by atoms with E-state index in [1.54, 1.807) is 18.3 Å². The van der Waals surface area contributed by atoms with Crippen LogP contribution in [0.15, 0.2) is 53.7 Å². The lowest BCUT2D eigenvalue weighted by molar-refractivity contribution is 0.153. The van der Waals surface area contributed by atoms with Crippen LogP contribution in [0.4, 0.5) is 0 Å². The molecule has 7 nitrogen and oxygen atoms in total. The van der Waals surface area contributed by atoms with E-state index < -0.39 is 10.0 Å². The zero-order chi connectivity index (χ0) is 18.9. The molecule has 1 aromatic carbocycles. The zero-order valence-corrected chi connectivity index (χ0v) is 15.6. The number of benzene rings is 1. The van der Waals surface area contributed by atoms with Gasteiger partial charge in [-0.3, -0.25) is 5.10 Å². The number of aliphatic hydroxyl groups is 1. The van der Waals surface area contributed by atoms with Crippen molar-refractivity contribution < 1.29 is 13.5 Å². The summed E-state index contributed by atoms with van der Waals surface area (Å²) in [6.07, 6.45) is 3.87. The van der Waals surface area contributed by atoms with Gasteiger partial charge in [0.15, 0.2) is 5.65 Å². The number of aliphatic hydroxyl groups excluding tert-OH is 1. The van der Waals surface area contributed by atoms with Crippen molar-refractivity contribution in [3.63, 3.8) is 0 Å². The molecule has 0 aliphatic heterocycles. The Kier molecular flexibility index (Phi) is 4.94. The molecule has 1 aliphatic rings. The molecule has 0 amide bonds. The van der Waals surface area contributed by atoms with Gasteiger partial charge in [0.1, 0.15) is 0 Å². The van der Waals surface area contributed by atoms with E-state index in [1.165, 1.54) is 5.56 Å². The Morgan fingerprint density at radius 2 is 1.96 bits per heavy atom. The van der Waals surface area contributed by atoms with E-state index in [0.29, 0.717) is 23.4 Å². The first-order valence-electron chi connectivity index (χ1n) is 9.05. The average molecular weight is 386 g/mol. The first-order chi connectivity index (χ1) is 13.1. The molecule has 1 aliphatic carbocycles. The fourth-order valence-corrected chi connectivity index (χ4v) is 5.38. The van der Waals surface area contributed by atoms with Gasteiger partial charge in [0, 0.05) is 18.8 Å². The van der Waals surface area contributed by atoms with Gasteiger partial charge >= 0.3 is 0 Å². The summed E-state index contributed by atoms with van der Waals surface area (Å²) in [5.74, 6) is 0.196. The van der Waals surface area contributed by atoms with E-state index in [4.69, 9.17) is 0 Å². The largest absolute Gasteiger partial charge is 0.396 e. The maximum atomic E-state index is 12.9. The van der Waals surface area contributed by atoms with Gasteiger partial charge in [-0.1, -0.05) is 30.3 Å². The van der Waals surface area contributed by atoms with Crippen molar-refractivity contribution in [2.45, 2.75) is 36.2 Å². The molecule has 2 aromatic heterocycles. The first-order valence-corrected chi connectivity index (χ1v) is 10.5. The Morgan fingerprint density at radius 1 is 1.15 bits per heavy atom. The highest BCUT2D eigenvalue weighted by Gasteiger charge is 2.34. The summed E-state index contributed by atoms with van der Waals surface area (Å²) in [7, 11) is -3.81. The van der Waals surface area contributed by atoms with Crippen LogP contribution < -0.4 is 4.72 Å². The number of H-pyrrole nitrogens is 1. The van der Waals surface area contributed by atoms with Crippen molar-refractivity contribution in [2.75, 3.05) is 6.61 Å². The highest BCUT2D eigenvalue weighted by molar-refractivity contribution is 7.89. The molecule has 3 aromatic rings. The van der Waals surface area contributed by atoms with E-state index in [0.717, 1.165) is 12.8 Å².